The van der Waals surface area contributed by atoms with Gasteiger partial charge < -0.3 is 14.4 Å². The predicted octanol–water partition coefficient (Wildman–Crippen LogP) is 0.892. The highest BCUT2D eigenvalue weighted by molar-refractivity contribution is 5.41. The Hall–Kier alpha value is -1.06. The molecule has 3 nitrogen and oxygen atoms in total. The van der Waals surface area contributed by atoms with Gasteiger partial charge in [0.2, 0.25) is 0 Å². The second-order valence-electron chi connectivity index (χ2n) is 4.00. The molecule has 0 radical (unpaired) electrons. The molecule has 0 aliphatic carbocycles. The van der Waals surface area contributed by atoms with Gasteiger partial charge in [-0.1, -0.05) is 0 Å². The molecule has 0 saturated carbocycles. The molecule has 0 amide bonds. The van der Waals surface area contributed by atoms with Crippen LogP contribution in [0.25, 0.3) is 6.20 Å². The fourth-order valence-corrected chi connectivity index (χ4v) is 2.30. The zero-order chi connectivity index (χ0) is 9.54. The number of ether oxygens (including phenoxy) is 1. The van der Waals surface area contributed by atoms with Gasteiger partial charge in [-0.15, -0.1) is 0 Å². The van der Waals surface area contributed by atoms with Gasteiger partial charge in [-0.05, 0) is 24.1 Å². The molecule has 3 rings (SSSR count). The van der Waals surface area contributed by atoms with Crippen LogP contribution in [0.4, 0.5) is 0 Å². The summed E-state index contributed by atoms with van der Waals surface area (Å²) in [5.41, 5.74) is 2.49. The maximum atomic E-state index is 9.79. The highest BCUT2D eigenvalue weighted by Crippen LogP contribution is 2.30. The second kappa shape index (κ2) is 2.97. The van der Waals surface area contributed by atoms with Gasteiger partial charge >= 0.3 is 0 Å². The average Bonchev–Trinajstić information content (AvgIpc) is 2.62. The molecule has 1 N–H and O–H groups in total. The largest absolute Gasteiger partial charge is 0.390 e. The third-order valence-electron chi connectivity index (χ3n) is 3.10. The minimum absolute atomic E-state index is 0.270. The first-order valence-corrected chi connectivity index (χ1v) is 4.97. The van der Waals surface area contributed by atoms with E-state index in [1.54, 1.807) is 0 Å². The molecular formula is C11H13NO2. The Morgan fingerprint density at radius 3 is 3.36 bits per heavy atom. The SMILES string of the molecule is OC1COCC2=Cn3cccc3CC21. The lowest BCUT2D eigenvalue weighted by molar-refractivity contribution is -0.0131. The normalized spacial score (nSPS) is 30.5. The van der Waals surface area contributed by atoms with E-state index in [4.69, 9.17) is 4.74 Å². The van der Waals surface area contributed by atoms with Gasteiger partial charge in [-0.3, -0.25) is 0 Å². The van der Waals surface area contributed by atoms with E-state index in [1.165, 1.54) is 11.3 Å². The molecular weight excluding hydrogens is 178 g/mol. The molecule has 2 atom stereocenters. The third-order valence-corrected chi connectivity index (χ3v) is 3.10. The van der Waals surface area contributed by atoms with E-state index in [2.05, 4.69) is 16.8 Å². The van der Waals surface area contributed by atoms with Gasteiger partial charge in [0.05, 0.1) is 19.3 Å². The highest BCUT2D eigenvalue weighted by atomic mass is 16.5. The zero-order valence-electron chi connectivity index (χ0n) is 7.89. The number of aliphatic hydroxyl groups excluding tert-OH is 1. The summed E-state index contributed by atoms with van der Waals surface area (Å²) in [6, 6.07) is 4.15. The van der Waals surface area contributed by atoms with Crippen LogP contribution in [-0.2, 0) is 11.2 Å². The standard InChI is InChI=1S/C11H13NO2/c13-11-7-14-6-8-5-12-3-1-2-9(12)4-10(8)11/h1-3,5,10-11,13H,4,6-7H2. The lowest BCUT2D eigenvalue weighted by Crippen LogP contribution is -2.37. The van der Waals surface area contributed by atoms with Gasteiger partial charge in [0, 0.05) is 24.0 Å². The van der Waals surface area contributed by atoms with Gasteiger partial charge in [0.15, 0.2) is 0 Å². The van der Waals surface area contributed by atoms with Crippen molar-refractivity contribution in [1.29, 1.82) is 0 Å². The average molecular weight is 191 g/mol. The van der Waals surface area contributed by atoms with E-state index < -0.39 is 0 Å². The maximum Gasteiger partial charge on any atom is 0.0844 e. The minimum Gasteiger partial charge on any atom is -0.390 e. The molecule has 14 heavy (non-hydrogen) atoms. The monoisotopic (exact) mass is 191 g/mol. The molecule has 0 bridgehead atoms. The van der Waals surface area contributed by atoms with Crippen molar-refractivity contribution in [3.05, 3.63) is 29.6 Å². The van der Waals surface area contributed by atoms with Crippen LogP contribution in [0.3, 0.4) is 0 Å². The van der Waals surface area contributed by atoms with Gasteiger partial charge in [-0.2, -0.15) is 0 Å². The molecule has 2 unspecified atom stereocenters. The maximum absolute atomic E-state index is 9.79. The van der Waals surface area contributed by atoms with Crippen LogP contribution >= 0.6 is 0 Å². The number of aromatic nitrogens is 1. The number of fused-ring (bicyclic) bond motifs is 2. The van der Waals surface area contributed by atoms with Crippen LogP contribution in [0, 0.1) is 5.92 Å². The van der Waals surface area contributed by atoms with Crippen molar-refractivity contribution in [2.75, 3.05) is 13.2 Å². The topological polar surface area (TPSA) is 34.4 Å². The zero-order valence-corrected chi connectivity index (χ0v) is 7.89. The number of nitrogens with zero attached hydrogens (tertiary/aromatic N) is 1. The molecule has 74 valence electrons. The summed E-state index contributed by atoms with van der Waals surface area (Å²) in [4.78, 5) is 0. The molecule has 1 aromatic heterocycles. The third kappa shape index (κ3) is 1.13. The molecule has 1 saturated heterocycles. The summed E-state index contributed by atoms with van der Waals surface area (Å²) >= 11 is 0. The van der Waals surface area contributed by atoms with Crippen molar-refractivity contribution < 1.29 is 9.84 Å². The van der Waals surface area contributed by atoms with Crippen molar-refractivity contribution in [2.24, 2.45) is 5.92 Å². The smallest absolute Gasteiger partial charge is 0.0844 e. The van der Waals surface area contributed by atoms with E-state index in [0.717, 1.165) is 6.42 Å². The molecule has 3 heterocycles. The summed E-state index contributed by atoms with van der Waals surface area (Å²) in [6.07, 6.45) is 4.73. The molecule has 0 spiro atoms. The Morgan fingerprint density at radius 2 is 2.43 bits per heavy atom. The van der Waals surface area contributed by atoms with Crippen molar-refractivity contribution in [1.82, 2.24) is 4.57 Å². The first-order valence-electron chi connectivity index (χ1n) is 4.97. The van der Waals surface area contributed by atoms with E-state index in [9.17, 15) is 5.11 Å². The number of hydrogen-bond donors (Lipinski definition) is 1. The first kappa shape index (κ1) is 8.26. The van der Waals surface area contributed by atoms with E-state index in [-0.39, 0.29) is 12.0 Å². The van der Waals surface area contributed by atoms with Gasteiger partial charge in [-0.25, -0.2) is 0 Å². The van der Waals surface area contributed by atoms with Gasteiger partial charge in [0.1, 0.15) is 0 Å². The lowest BCUT2D eigenvalue weighted by atomic mass is 9.86. The van der Waals surface area contributed by atoms with Crippen molar-refractivity contribution in [3.63, 3.8) is 0 Å². The van der Waals surface area contributed by atoms with E-state index in [1.807, 2.05) is 12.3 Å². The van der Waals surface area contributed by atoms with Crippen LogP contribution < -0.4 is 0 Å². The minimum atomic E-state index is -0.335. The summed E-state index contributed by atoms with van der Waals surface area (Å²) in [6.45, 7) is 1.14. The van der Waals surface area contributed by atoms with Crippen LogP contribution in [0.1, 0.15) is 5.69 Å². The Bertz CT molecular complexity index is 380. The van der Waals surface area contributed by atoms with Crippen LogP contribution in [0.5, 0.6) is 0 Å². The Kier molecular flexibility index (Phi) is 1.75. The fraction of sp³-hybridized carbons (Fsp3) is 0.455. The quantitative estimate of drug-likeness (QED) is 0.661. The van der Waals surface area contributed by atoms with Gasteiger partial charge in [0.25, 0.3) is 0 Å². The lowest BCUT2D eigenvalue weighted by Gasteiger charge is -2.33. The Balaban J connectivity index is 2.01. The van der Waals surface area contributed by atoms with E-state index >= 15 is 0 Å². The number of hydrogen-bond acceptors (Lipinski definition) is 2. The fourth-order valence-electron chi connectivity index (χ4n) is 2.30. The van der Waals surface area contributed by atoms with Crippen molar-refractivity contribution >= 4 is 6.20 Å². The van der Waals surface area contributed by atoms with Crippen molar-refractivity contribution in [2.45, 2.75) is 12.5 Å². The second-order valence-corrected chi connectivity index (χ2v) is 4.00. The highest BCUT2D eigenvalue weighted by Gasteiger charge is 2.31. The molecule has 1 fully saturated rings. The van der Waals surface area contributed by atoms with E-state index in [0.29, 0.717) is 13.2 Å². The van der Waals surface area contributed by atoms with Crippen LogP contribution in [0.15, 0.2) is 23.9 Å². The Labute approximate surface area is 82.6 Å². The number of aliphatic hydroxyl groups is 1. The summed E-state index contributed by atoms with van der Waals surface area (Å²) in [7, 11) is 0. The summed E-state index contributed by atoms with van der Waals surface area (Å²) in [5.74, 6) is 0.270. The molecule has 2 aliphatic rings. The molecule has 0 aromatic carbocycles. The van der Waals surface area contributed by atoms with Crippen LogP contribution in [0.2, 0.25) is 0 Å². The molecule has 1 aromatic rings. The predicted molar refractivity (Wildman–Crippen MR) is 52.7 cm³/mol. The summed E-state index contributed by atoms with van der Waals surface area (Å²) < 4.78 is 7.43. The van der Waals surface area contributed by atoms with Crippen molar-refractivity contribution in [3.8, 4) is 0 Å². The number of rotatable bonds is 0. The first-order chi connectivity index (χ1) is 6.84. The Morgan fingerprint density at radius 1 is 1.50 bits per heavy atom. The summed E-state index contributed by atoms with van der Waals surface area (Å²) in [5, 5.41) is 9.79. The van der Waals surface area contributed by atoms with Crippen LogP contribution in [-0.4, -0.2) is 29.0 Å². The molecule has 2 aliphatic heterocycles. The molecule has 3 heteroatoms.